The molecule has 7 heteroatoms. The largest absolute Gasteiger partial charge is 0.484 e. The van der Waals surface area contributed by atoms with Gasteiger partial charge in [-0.15, -0.1) is 0 Å². The van der Waals surface area contributed by atoms with Crippen LogP contribution < -0.4 is 4.74 Å². The van der Waals surface area contributed by atoms with Gasteiger partial charge in [0.15, 0.2) is 5.76 Å². The van der Waals surface area contributed by atoms with Gasteiger partial charge < -0.3 is 14.1 Å². The summed E-state index contributed by atoms with van der Waals surface area (Å²) in [4.78, 5) is 16.9. The molecule has 1 fully saturated rings. The Bertz CT molecular complexity index is 1100. The third-order valence-electron chi connectivity index (χ3n) is 5.20. The first kappa shape index (κ1) is 21.0. The number of halogens is 1. The van der Waals surface area contributed by atoms with Crippen LogP contribution in [-0.2, 0) is 13.2 Å². The molecule has 2 heterocycles. The van der Waals surface area contributed by atoms with Crippen LogP contribution in [0.4, 0.5) is 0 Å². The van der Waals surface area contributed by atoms with Crippen LogP contribution in [0.2, 0.25) is 5.02 Å². The first-order valence-electron chi connectivity index (χ1n) is 10.1. The van der Waals surface area contributed by atoms with Crippen LogP contribution in [-0.4, -0.2) is 41.9 Å². The Morgan fingerprint density at radius 3 is 2.65 bits per heavy atom. The molecule has 1 amide bonds. The van der Waals surface area contributed by atoms with Gasteiger partial charge in [0.25, 0.3) is 5.91 Å². The molecular weight excluding hydrogens is 414 g/mol. The second-order valence-electron chi connectivity index (χ2n) is 7.36. The summed E-state index contributed by atoms with van der Waals surface area (Å²) in [6.45, 7) is 3.83. The van der Waals surface area contributed by atoms with Crippen molar-refractivity contribution in [3.63, 3.8) is 0 Å². The summed E-state index contributed by atoms with van der Waals surface area (Å²) >= 11 is 6.06. The van der Waals surface area contributed by atoms with Gasteiger partial charge in [0.05, 0.1) is 5.56 Å². The molecule has 1 aliphatic heterocycles. The number of ether oxygens (including phenoxy) is 1. The number of hydrogen-bond acceptors (Lipinski definition) is 5. The molecule has 1 aromatic heterocycles. The number of carbonyl (C=O) groups is 1. The summed E-state index contributed by atoms with van der Waals surface area (Å²) in [5, 5.41) is 9.87. The Labute approximate surface area is 186 Å². The van der Waals surface area contributed by atoms with Gasteiger partial charge in [0.1, 0.15) is 24.2 Å². The zero-order valence-electron chi connectivity index (χ0n) is 17.0. The van der Waals surface area contributed by atoms with E-state index in [-0.39, 0.29) is 12.5 Å². The number of para-hydroxylation sites is 1. The number of amides is 1. The minimum Gasteiger partial charge on any atom is -0.484 e. The average Bonchev–Trinajstić information content (AvgIpc) is 3.27. The quantitative estimate of drug-likeness (QED) is 0.576. The zero-order valence-corrected chi connectivity index (χ0v) is 17.7. The van der Waals surface area contributed by atoms with E-state index in [1.54, 1.807) is 36.4 Å². The summed E-state index contributed by atoms with van der Waals surface area (Å²) in [5.74, 6) is 1.21. The van der Waals surface area contributed by atoms with Gasteiger partial charge in [0.2, 0.25) is 0 Å². The minimum atomic E-state index is -0.119. The van der Waals surface area contributed by atoms with E-state index in [1.165, 1.54) is 5.56 Å². The van der Waals surface area contributed by atoms with E-state index >= 15 is 0 Å². The van der Waals surface area contributed by atoms with E-state index in [0.717, 1.165) is 24.7 Å². The minimum absolute atomic E-state index is 0.119. The molecule has 0 unspecified atom stereocenters. The maximum Gasteiger partial charge on any atom is 0.289 e. The van der Waals surface area contributed by atoms with Crippen molar-refractivity contribution in [1.82, 2.24) is 9.80 Å². The van der Waals surface area contributed by atoms with E-state index in [9.17, 15) is 4.79 Å². The second kappa shape index (κ2) is 9.69. The van der Waals surface area contributed by atoms with Crippen LogP contribution in [0, 0.1) is 11.3 Å². The van der Waals surface area contributed by atoms with Gasteiger partial charge in [-0.1, -0.05) is 35.9 Å². The van der Waals surface area contributed by atoms with Crippen LogP contribution in [0.3, 0.4) is 0 Å². The number of rotatable bonds is 6. The molecular formula is C24H22ClN3O3. The highest BCUT2D eigenvalue weighted by Crippen LogP contribution is 2.20. The highest BCUT2D eigenvalue weighted by atomic mass is 35.5. The Morgan fingerprint density at radius 1 is 1.06 bits per heavy atom. The van der Waals surface area contributed by atoms with Gasteiger partial charge in [-0.25, -0.2) is 0 Å². The molecule has 158 valence electrons. The molecule has 2 aromatic carbocycles. The van der Waals surface area contributed by atoms with E-state index in [0.29, 0.717) is 35.9 Å². The first-order valence-corrected chi connectivity index (χ1v) is 10.5. The lowest BCUT2D eigenvalue weighted by Crippen LogP contribution is -2.48. The molecule has 0 spiro atoms. The smallest absolute Gasteiger partial charge is 0.289 e. The predicted molar refractivity (Wildman–Crippen MR) is 117 cm³/mol. The molecule has 3 aromatic rings. The van der Waals surface area contributed by atoms with Gasteiger partial charge in [-0.2, -0.15) is 5.26 Å². The summed E-state index contributed by atoms with van der Waals surface area (Å²) in [5.41, 5.74) is 1.63. The van der Waals surface area contributed by atoms with Crippen molar-refractivity contribution in [3.8, 4) is 11.8 Å². The highest BCUT2D eigenvalue weighted by molar-refractivity contribution is 6.30. The first-order chi connectivity index (χ1) is 15.1. The van der Waals surface area contributed by atoms with Crippen molar-refractivity contribution >= 4 is 17.5 Å². The van der Waals surface area contributed by atoms with Gasteiger partial charge in [-0.3, -0.25) is 9.69 Å². The van der Waals surface area contributed by atoms with Gasteiger partial charge in [0, 0.05) is 37.7 Å². The van der Waals surface area contributed by atoms with Crippen LogP contribution in [0.15, 0.2) is 65.1 Å². The molecule has 0 atom stereocenters. The van der Waals surface area contributed by atoms with Crippen molar-refractivity contribution in [2.24, 2.45) is 0 Å². The molecule has 0 N–H and O–H groups in total. The van der Waals surface area contributed by atoms with Gasteiger partial charge >= 0.3 is 0 Å². The molecule has 1 aliphatic rings. The Balaban J connectivity index is 1.29. The van der Waals surface area contributed by atoms with Crippen molar-refractivity contribution in [2.75, 3.05) is 26.2 Å². The number of furan rings is 1. The second-order valence-corrected chi connectivity index (χ2v) is 7.80. The molecule has 1 saturated heterocycles. The number of carbonyl (C=O) groups excluding carboxylic acids is 1. The SMILES string of the molecule is N#Cc1ccccc1OCc1ccc(C(=O)N2CCN(Cc3cccc(Cl)c3)CC2)o1. The third kappa shape index (κ3) is 5.26. The standard InChI is InChI=1S/C24H22ClN3O3/c25-20-6-3-4-18(14-20)16-27-10-12-28(13-11-27)24(29)23-9-8-21(31-23)17-30-22-7-2-1-5-19(22)15-26/h1-9,14H,10-13,16-17H2. The fourth-order valence-electron chi connectivity index (χ4n) is 3.56. The van der Waals surface area contributed by atoms with Crippen molar-refractivity contribution in [2.45, 2.75) is 13.2 Å². The lowest BCUT2D eigenvalue weighted by Gasteiger charge is -2.34. The molecule has 0 aliphatic carbocycles. The van der Waals surface area contributed by atoms with Crippen molar-refractivity contribution in [1.29, 1.82) is 5.26 Å². The molecule has 0 saturated carbocycles. The topological polar surface area (TPSA) is 69.7 Å². The lowest BCUT2D eigenvalue weighted by molar-refractivity contribution is 0.0594. The predicted octanol–water partition coefficient (Wildman–Crippen LogP) is 4.34. The van der Waals surface area contributed by atoms with E-state index in [2.05, 4.69) is 17.0 Å². The molecule has 0 bridgehead atoms. The summed E-state index contributed by atoms with van der Waals surface area (Å²) in [6, 6.07) is 20.4. The van der Waals surface area contributed by atoms with E-state index in [4.69, 9.17) is 26.0 Å². The third-order valence-corrected chi connectivity index (χ3v) is 5.44. The summed E-state index contributed by atoms with van der Waals surface area (Å²) < 4.78 is 11.4. The highest BCUT2D eigenvalue weighted by Gasteiger charge is 2.24. The van der Waals surface area contributed by atoms with Gasteiger partial charge in [-0.05, 0) is 42.0 Å². The number of nitrogens with zero attached hydrogens (tertiary/aromatic N) is 3. The van der Waals surface area contributed by atoms with E-state index < -0.39 is 0 Å². The fourth-order valence-corrected chi connectivity index (χ4v) is 3.78. The summed E-state index contributed by atoms with van der Waals surface area (Å²) in [6.07, 6.45) is 0. The number of nitriles is 1. The number of piperazine rings is 1. The average molecular weight is 436 g/mol. The molecule has 4 rings (SSSR count). The maximum absolute atomic E-state index is 12.8. The summed E-state index contributed by atoms with van der Waals surface area (Å²) in [7, 11) is 0. The van der Waals surface area contributed by atoms with E-state index in [1.807, 2.05) is 23.1 Å². The fraction of sp³-hybridized carbons (Fsp3) is 0.250. The van der Waals surface area contributed by atoms with Crippen LogP contribution in [0.1, 0.15) is 27.4 Å². The van der Waals surface area contributed by atoms with Crippen LogP contribution in [0.25, 0.3) is 0 Å². The normalized spacial score (nSPS) is 14.3. The monoisotopic (exact) mass is 435 g/mol. The number of hydrogen-bond donors (Lipinski definition) is 0. The Kier molecular flexibility index (Phi) is 6.56. The lowest BCUT2D eigenvalue weighted by atomic mass is 10.2. The van der Waals surface area contributed by atoms with Crippen LogP contribution >= 0.6 is 11.6 Å². The molecule has 6 nitrogen and oxygen atoms in total. The Morgan fingerprint density at radius 2 is 1.87 bits per heavy atom. The number of benzene rings is 2. The Hall–Kier alpha value is -3.27. The van der Waals surface area contributed by atoms with Crippen molar-refractivity contribution < 1.29 is 13.9 Å². The van der Waals surface area contributed by atoms with Crippen molar-refractivity contribution in [3.05, 3.63) is 88.3 Å². The molecule has 0 radical (unpaired) electrons. The molecule has 31 heavy (non-hydrogen) atoms. The maximum atomic E-state index is 12.8. The zero-order chi connectivity index (χ0) is 21.6. The van der Waals surface area contributed by atoms with Crippen LogP contribution in [0.5, 0.6) is 5.75 Å².